The summed E-state index contributed by atoms with van der Waals surface area (Å²) in [6.45, 7) is -0.0262. The Hall–Kier alpha value is -3.46. The van der Waals surface area contributed by atoms with Gasteiger partial charge in [0.05, 0.1) is 28.4 Å². The number of amides is 1. The van der Waals surface area contributed by atoms with E-state index in [1.807, 2.05) is 0 Å². The van der Waals surface area contributed by atoms with Crippen molar-refractivity contribution in [2.45, 2.75) is 17.2 Å². The number of benzene rings is 2. The minimum absolute atomic E-state index is 0.0262. The van der Waals surface area contributed by atoms with Crippen molar-refractivity contribution in [1.29, 1.82) is 0 Å². The van der Waals surface area contributed by atoms with Crippen LogP contribution in [-0.4, -0.2) is 31.2 Å². The molecule has 0 aliphatic rings. The van der Waals surface area contributed by atoms with Crippen LogP contribution in [0.1, 0.15) is 21.7 Å². The van der Waals surface area contributed by atoms with Crippen molar-refractivity contribution >= 4 is 21.4 Å². The first-order chi connectivity index (χ1) is 13.8. The molecule has 0 spiro atoms. The summed E-state index contributed by atoms with van der Waals surface area (Å²) in [5, 5.41) is 11.2. The van der Waals surface area contributed by atoms with Crippen LogP contribution in [0.5, 0.6) is 0 Å². The predicted octanol–water partition coefficient (Wildman–Crippen LogP) is 3.43. The quantitative estimate of drug-likeness (QED) is 0.433. The number of nitro benzene ring substituents is 1. The number of carbonyl (C=O) groups is 1. The molecule has 0 aliphatic carbocycles. The highest BCUT2D eigenvalue weighted by atomic mass is 32.2. The molecule has 0 aliphatic heterocycles. The SMILES string of the molecule is CN(Cc1ccccc1[N+](=O)[O-])C(=O)c1occc1CS(=O)(=O)c1ccccc1. The normalized spacial score (nSPS) is 11.2. The van der Waals surface area contributed by atoms with E-state index < -0.39 is 26.4 Å². The van der Waals surface area contributed by atoms with Crippen LogP contribution in [0.2, 0.25) is 0 Å². The maximum atomic E-state index is 12.8. The van der Waals surface area contributed by atoms with Gasteiger partial charge in [-0.3, -0.25) is 14.9 Å². The van der Waals surface area contributed by atoms with E-state index >= 15 is 0 Å². The van der Waals surface area contributed by atoms with E-state index in [0.29, 0.717) is 5.56 Å². The number of hydrogen-bond donors (Lipinski definition) is 0. The molecule has 1 amide bonds. The van der Waals surface area contributed by atoms with Gasteiger partial charge in [-0.25, -0.2) is 8.42 Å². The molecular weight excluding hydrogens is 396 g/mol. The molecule has 2 aromatic carbocycles. The van der Waals surface area contributed by atoms with Gasteiger partial charge in [-0.15, -0.1) is 0 Å². The Morgan fingerprint density at radius 1 is 1.03 bits per heavy atom. The highest BCUT2D eigenvalue weighted by Gasteiger charge is 2.25. The highest BCUT2D eigenvalue weighted by Crippen LogP contribution is 2.23. The molecule has 3 aromatic rings. The Balaban J connectivity index is 1.81. The van der Waals surface area contributed by atoms with Crippen LogP contribution in [0, 0.1) is 10.1 Å². The summed E-state index contributed by atoms with van der Waals surface area (Å²) < 4.78 is 30.5. The summed E-state index contributed by atoms with van der Waals surface area (Å²) in [6.07, 6.45) is 1.25. The van der Waals surface area contributed by atoms with Crippen molar-refractivity contribution < 1.29 is 22.6 Å². The third-order valence-corrected chi connectivity index (χ3v) is 6.01. The van der Waals surface area contributed by atoms with Gasteiger partial charge >= 0.3 is 0 Å². The van der Waals surface area contributed by atoms with Gasteiger partial charge in [0.15, 0.2) is 15.6 Å². The van der Waals surface area contributed by atoms with Crippen LogP contribution in [0.4, 0.5) is 5.69 Å². The molecule has 0 N–H and O–H groups in total. The topological polar surface area (TPSA) is 111 Å². The van der Waals surface area contributed by atoms with E-state index in [1.54, 1.807) is 36.4 Å². The molecule has 29 heavy (non-hydrogen) atoms. The summed E-state index contributed by atoms with van der Waals surface area (Å²) in [5.41, 5.74) is 0.491. The minimum atomic E-state index is -3.66. The molecular formula is C20H18N2O6S. The monoisotopic (exact) mass is 414 g/mol. The largest absolute Gasteiger partial charge is 0.459 e. The lowest BCUT2D eigenvalue weighted by Gasteiger charge is -2.16. The fourth-order valence-corrected chi connectivity index (χ4v) is 4.25. The summed E-state index contributed by atoms with van der Waals surface area (Å²) in [5.74, 6) is -1.06. The first-order valence-corrected chi connectivity index (χ1v) is 10.3. The standard InChI is InChI=1S/C20H18N2O6S/c1-21(13-15-7-5-6-10-18(15)22(24)25)20(23)19-16(11-12-28-19)14-29(26,27)17-8-3-2-4-9-17/h2-12H,13-14H2,1H3. The maximum absolute atomic E-state index is 12.8. The van der Waals surface area contributed by atoms with Crippen molar-refractivity contribution in [3.8, 4) is 0 Å². The van der Waals surface area contributed by atoms with Crippen molar-refractivity contribution in [2.24, 2.45) is 0 Å². The highest BCUT2D eigenvalue weighted by molar-refractivity contribution is 7.90. The summed E-state index contributed by atoms with van der Waals surface area (Å²) in [4.78, 5) is 24.8. The number of para-hydroxylation sites is 1. The van der Waals surface area contributed by atoms with Crippen molar-refractivity contribution in [2.75, 3.05) is 7.05 Å². The van der Waals surface area contributed by atoms with Crippen LogP contribution in [-0.2, 0) is 22.1 Å². The summed E-state index contributed by atoms with van der Waals surface area (Å²) in [6, 6.07) is 15.5. The fraction of sp³-hybridized carbons (Fsp3) is 0.150. The Morgan fingerprint density at radius 3 is 2.38 bits per heavy atom. The Bertz CT molecular complexity index is 1140. The number of sulfone groups is 1. The first kappa shape index (κ1) is 20.3. The van der Waals surface area contributed by atoms with Crippen molar-refractivity contribution in [3.63, 3.8) is 0 Å². The number of furan rings is 1. The van der Waals surface area contributed by atoms with Gasteiger partial charge in [0, 0.05) is 24.2 Å². The lowest BCUT2D eigenvalue weighted by atomic mass is 10.1. The van der Waals surface area contributed by atoms with E-state index in [2.05, 4.69) is 0 Å². The molecule has 9 heteroatoms. The molecule has 0 bridgehead atoms. The van der Waals surface area contributed by atoms with E-state index in [1.165, 1.54) is 42.5 Å². The second-order valence-electron chi connectivity index (χ2n) is 6.39. The number of nitrogens with zero attached hydrogens (tertiary/aromatic N) is 2. The molecule has 1 heterocycles. The van der Waals surface area contributed by atoms with Gasteiger partial charge in [0.1, 0.15) is 0 Å². The van der Waals surface area contributed by atoms with E-state index in [-0.39, 0.29) is 28.5 Å². The Morgan fingerprint density at radius 2 is 1.69 bits per heavy atom. The molecule has 8 nitrogen and oxygen atoms in total. The van der Waals surface area contributed by atoms with E-state index in [9.17, 15) is 23.3 Å². The van der Waals surface area contributed by atoms with Gasteiger partial charge < -0.3 is 9.32 Å². The number of carbonyl (C=O) groups excluding carboxylic acids is 1. The molecule has 0 unspecified atom stereocenters. The number of hydrogen-bond acceptors (Lipinski definition) is 6. The third kappa shape index (κ3) is 4.52. The molecule has 1 aromatic heterocycles. The van der Waals surface area contributed by atoms with Crippen LogP contribution in [0.3, 0.4) is 0 Å². The van der Waals surface area contributed by atoms with E-state index in [4.69, 9.17) is 4.42 Å². The average Bonchev–Trinajstić information content (AvgIpc) is 3.15. The lowest BCUT2D eigenvalue weighted by Crippen LogP contribution is -2.27. The molecule has 0 fully saturated rings. The molecule has 0 radical (unpaired) electrons. The Labute approximate surface area is 167 Å². The van der Waals surface area contributed by atoms with Gasteiger partial charge in [-0.2, -0.15) is 0 Å². The fourth-order valence-electron chi connectivity index (χ4n) is 2.88. The molecule has 0 saturated carbocycles. The van der Waals surface area contributed by atoms with Gasteiger partial charge in [0.25, 0.3) is 11.6 Å². The summed E-state index contributed by atoms with van der Waals surface area (Å²) >= 11 is 0. The zero-order valence-electron chi connectivity index (χ0n) is 15.5. The van der Waals surface area contributed by atoms with Crippen LogP contribution in [0.15, 0.2) is 76.2 Å². The smallest absolute Gasteiger partial charge is 0.289 e. The van der Waals surface area contributed by atoms with Crippen molar-refractivity contribution in [3.05, 3.63) is 93.9 Å². The molecule has 0 atom stereocenters. The minimum Gasteiger partial charge on any atom is -0.459 e. The van der Waals surface area contributed by atoms with Gasteiger partial charge in [-0.1, -0.05) is 36.4 Å². The second-order valence-corrected chi connectivity index (χ2v) is 8.38. The van der Waals surface area contributed by atoms with E-state index in [0.717, 1.165) is 0 Å². The van der Waals surface area contributed by atoms with Crippen LogP contribution < -0.4 is 0 Å². The second kappa shape index (κ2) is 8.27. The first-order valence-electron chi connectivity index (χ1n) is 8.61. The number of rotatable bonds is 7. The van der Waals surface area contributed by atoms with Crippen LogP contribution >= 0.6 is 0 Å². The number of nitro groups is 1. The molecule has 150 valence electrons. The van der Waals surface area contributed by atoms with Crippen LogP contribution in [0.25, 0.3) is 0 Å². The Kier molecular flexibility index (Phi) is 5.79. The predicted molar refractivity (Wildman–Crippen MR) is 105 cm³/mol. The molecule has 0 saturated heterocycles. The lowest BCUT2D eigenvalue weighted by molar-refractivity contribution is -0.385. The third-order valence-electron chi connectivity index (χ3n) is 4.33. The van der Waals surface area contributed by atoms with Gasteiger partial charge in [-0.05, 0) is 18.2 Å². The summed E-state index contributed by atoms with van der Waals surface area (Å²) in [7, 11) is -2.19. The van der Waals surface area contributed by atoms with Crippen molar-refractivity contribution in [1.82, 2.24) is 4.90 Å². The van der Waals surface area contributed by atoms with Gasteiger partial charge in [0.2, 0.25) is 0 Å². The zero-order valence-corrected chi connectivity index (χ0v) is 16.3. The average molecular weight is 414 g/mol. The maximum Gasteiger partial charge on any atom is 0.289 e. The molecule has 3 rings (SSSR count). The zero-order chi connectivity index (χ0) is 21.0.